The summed E-state index contributed by atoms with van der Waals surface area (Å²) in [5, 5.41) is 6.06. The van der Waals surface area contributed by atoms with Crippen molar-refractivity contribution < 1.29 is 57.0 Å². The van der Waals surface area contributed by atoms with Crippen molar-refractivity contribution in [3.05, 3.63) is 25.3 Å². The van der Waals surface area contributed by atoms with Crippen molar-refractivity contribution in [2.75, 3.05) is 24.2 Å². The van der Waals surface area contributed by atoms with Crippen molar-refractivity contribution in [3.8, 4) is 0 Å². The van der Waals surface area contributed by atoms with E-state index in [4.69, 9.17) is 56.5 Å². The van der Waals surface area contributed by atoms with Crippen LogP contribution in [0.3, 0.4) is 0 Å². The van der Waals surface area contributed by atoms with Crippen molar-refractivity contribution >= 4 is 78.5 Å². The molecule has 0 radical (unpaired) electrons. The van der Waals surface area contributed by atoms with Crippen LogP contribution in [-0.4, -0.2) is 126 Å². The second kappa shape index (κ2) is 23.8. The van der Waals surface area contributed by atoms with Gasteiger partial charge < -0.3 is 60.2 Å². The highest BCUT2D eigenvalue weighted by molar-refractivity contribution is 7.59. The summed E-state index contributed by atoms with van der Waals surface area (Å²) in [7, 11) is -7.93. The van der Waals surface area contributed by atoms with Crippen LogP contribution in [0.25, 0.3) is 22.3 Å². The molecule has 25 nitrogen and oxygen atoms in total. The predicted octanol–water partition coefficient (Wildman–Crippen LogP) is 7.44. The molecular formula is C51H82ClN13O12P2. The van der Waals surface area contributed by atoms with Crippen molar-refractivity contribution in [2.24, 2.45) is 16.2 Å². The molecule has 0 bridgehead atoms. The van der Waals surface area contributed by atoms with Gasteiger partial charge in [0.1, 0.15) is 70.6 Å². The lowest BCUT2D eigenvalue weighted by Crippen LogP contribution is -2.56. The van der Waals surface area contributed by atoms with Crippen molar-refractivity contribution in [1.29, 1.82) is 0 Å². The zero-order valence-corrected chi connectivity index (χ0v) is 49.4. The number of anilines is 2. The minimum absolute atomic E-state index is 0. The first-order valence-corrected chi connectivity index (χ1v) is 31.1. The van der Waals surface area contributed by atoms with Crippen LogP contribution in [0.2, 0.25) is 0 Å². The Morgan fingerprint density at radius 3 is 1.29 bits per heavy atom. The van der Waals surface area contributed by atoms with Crippen LogP contribution in [-0.2, 0) is 60.3 Å². The smallest absolute Gasteiger partial charge is 0.350 e. The molecule has 6 aliphatic carbocycles. The van der Waals surface area contributed by atoms with Crippen molar-refractivity contribution in [3.63, 3.8) is 0 Å². The molecule has 4 heterocycles. The highest BCUT2D eigenvalue weighted by Crippen LogP contribution is 2.59. The maximum atomic E-state index is 14.7. The van der Waals surface area contributed by atoms with Gasteiger partial charge in [-0.2, -0.15) is 0 Å². The largest absolute Gasteiger partial charge is 0.461 e. The Kier molecular flexibility index (Phi) is 18.7. The van der Waals surface area contributed by atoms with Gasteiger partial charge in [0.25, 0.3) is 0 Å². The third kappa shape index (κ3) is 15.2. The summed E-state index contributed by atoms with van der Waals surface area (Å²) in [6.45, 7) is 14.2. The van der Waals surface area contributed by atoms with Crippen LogP contribution in [0.1, 0.15) is 152 Å². The molecule has 4 aromatic rings. The van der Waals surface area contributed by atoms with Gasteiger partial charge in [-0.3, -0.25) is 23.5 Å². The van der Waals surface area contributed by atoms with E-state index in [1.165, 1.54) is 76.8 Å². The molecule has 0 saturated heterocycles. The molecule has 0 amide bonds. The number of nitrogens with two attached hydrogens (primary N) is 2. The predicted molar refractivity (Wildman–Crippen MR) is 296 cm³/mol. The van der Waals surface area contributed by atoms with Gasteiger partial charge in [0, 0.05) is 0 Å². The third-order valence-electron chi connectivity index (χ3n) is 16.3. The average molecular weight is 1170 g/mol. The number of imidazole rings is 2. The number of nitrogen functional groups attached to an aromatic ring is 2. The second-order valence-corrected chi connectivity index (χ2v) is 29.3. The normalized spacial score (nSPS) is 22.3. The fourth-order valence-corrected chi connectivity index (χ4v) is 14.5. The maximum absolute atomic E-state index is 14.7. The molecular weight excluding hydrogens is 1080 g/mol. The molecule has 2 atom stereocenters. The lowest BCUT2D eigenvalue weighted by molar-refractivity contribution is -0.173. The number of nitrogens with one attached hydrogen (secondary N) is 2. The lowest BCUT2D eigenvalue weighted by atomic mass is 9.55. The zero-order valence-electron chi connectivity index (χ0n) is 46.8. The molecule has 3 spiro atoms. The molecule has 4 aromatic heterocycles. The molecule has 0 aliphatic heterocycles. The number of ether oxygens (including phenoxy) is 5. The number of carbonyl (C=O) groups is 3. The number of alkyl halides is 1. The maximum Gasteiger partial charge on any atom is 0.350 e. The number of fused-ring (bicyclic) bond motifs is 2. The first-order chi connectivity index (χ1) is 36.4. The molecule has 0 unspecified atom stereocenters. The fourth-order valence-electron chi connectivity index (χ4n) is 11.4. The van der Waals surface area contributed by atoms with E-state index in [2.05, 4.69) is 40.1 Å². The standard InChI is InChI=1S/C31H48N7O6P.C11H17ClO2.C9H14N5O4P.H3N/c1-20(16-38-18-35-23-24(32)33-17-34-25(23)38)42-19-45(41,36-28(2,3)26(39)43-21-12-30(13-21)8-6-9-30)37-29(4,5)27(40)44-22-14-31(15-22)10-7-11-31;1-10(2,12)9(13)14-8-6-11(7-8)4-3-5-11;1-6(18-5-19(15,16)17)2-14-4-13-7-8(10)11-3-12-9(7)14;/h17-18,20-22H,6-16,19H2,1-5H3,(H2,32,33,34)(H2,36,37,41);8H,3-7H2,1-2H3;3-4,6H,2,5H2,1H3,(H2,10,11,12)(H2,15,16,17);1H3/t20-;;6-;/m1.1./s1. The van der Waals surface area contributed by atoms with Crippen LogP contribution in [0, 0.1) is 16.2 Å². The minimum Gasteiger partial charge on any atom is -0.461 e. The van der Waals surface area contributed by atoms with E-state index in [0.29, 0.717) is 51.7 Å². The van der Waals surface area contributed by atoms with Gasteiger partial charge in [-0.1, -0.05) is 19.3 Å². The number of nitrogens with zero attached hydrogens (tertiary/aromatic N) is 8. The summed E-state index contributed by atoms with van der Waals surface area (Å²) in [6, 6.07) is 0. The Morgan fingerprint density at radius 2 is 0.975 bits per heavy atom. The fraction of sp³-hybridized carbons (Fsp3) is 0.745. The number of rotatable bonds is 20. The third-order valence-corrected chi connectivity index (χ3v) is 19.3. The van der Waals surface area contributed by atoms with Gasteiger partial charge in [-0.15, -0.1) is 11.6 Å². The topological polar surface area (TPSA) is 370 Å². The molecule has 79 heavy (non-hydrogen) atoms. The van der Waals surface area contributed by atoms with Gasteiger partial charge in [-0.05, 0) is 149 Å². The SMILES string of the molecule is CC(C)(Cl)C(=O)OC1CC2(CCC2)C1.C[C@H](Cn1cnc2c(N)ncnc21)OCP(=O)(NC(C)(C)C(=O)OC1CC2(CCC2)C1)NC(C)(C)C(=O)OC1CC2(CCC2)C1.C[C@H](Cn1cnc2c(N)ncnc21)OCP(=O)(O)O.N. The summed E-state index contributed by atoms with van der Waals surface area (Å²) in [6.07, 6.45) is 20.9. The molecule has 0 aromatic carbocycles. The summed E-state index contributed by atoms with van der Waals surface area (Å²) >= 11 is 5.85. The van der Waals surface area contributed by atoms with Crippen LogP contribution in [0.15, 0.2) is 25.3 Å². The number of aromatic nitrogens is 8. The van der Waals surface area contributed by atoms with E-state index in [1.54, 1.807) is 63.9 Å². The summed E-state index contributed by atoms with van der Waals surface area (Å²) < 4.78 is 57.0. The monoisotopic (exact) mass is 1170 g/mol. The Bertz CT molecular complexity index is 2830. The van der Waals surface area contributed by atoms with Gasteiger partial charge in [0.15, 0.2) is 22.9 Å². The van der Waals surface area contributed by atoms with E-state index in [1.807, 2.05) is 6.92 Å². The second-order valence-electron chi connectivity index (χ2n) is 24.6. The summed E-state index contributed by atoms with van der Waals surface area (Å²) in [4.78, 5) is 79.3. The van der Waals surface area contributed by atoms with E-state index in [-0.39, 0.29) is 48.4 Å². The first kappa shape index (κ1) is 62.2. The number of esters is 3. The van der Waals surface area contributed by atoms with Crippen LogP contribution >= 0.6 is 26.6 Å². The Balaban J connectivity index is 0.000000216. The van der Waals surface area contributed by atoms with Crippen LogP contribution < -0.4 is 27.8 Å². The highest BCUT2D eigenvalue weighted by Gasteiger charge is 2.54. The van der Waals surface area contributed by atoms with Gasteiger partial charge in [0.2, 0.25) is 7.44 Å². The van der Waals surface area contributed by atoms with E-state index in [9.17, 15) is 23.5 Å². The number of carbonyl (C=O) groups excluding carboxylic acids is 3. The average Bonchev–Trinajstić information content (AvgIpc) is 3.96. The minimum atomic E-state index is -4.16. The Hall–Kier alpha value is -4.42. The van der Waals surface area contributed by atoms with Crippen LogP contribution in [0.4, 0.5) is 11.6 Å². The van der Waals surface area contributed by atoms with Crippen molar-refractivity contribution in [2.45, 2.75) is 211 Å². The van der Waals surface area contributed by atoms with Gasteiger partial charge >= 0.3 is 25.5 Å². The Morgan fingerprint density at radius 1 is 0.633 bits per heavy atom. The molecule has 6 aliphatic rings. The van der Waals surface area contributed by atoms with Gasteiger partial charge in [-0.25, -0.2) is 40.1 Å². The van der Waals surface area contributed by atoms with E-state index in [0.717, 1.165) is 38.5 Å². The van der Waals surface area contributed by atoms with E-state index >= 15 is 0 Å². The number of hydrogen-bond acceptors (Lipinski definition) is 19. The molecule has 11 N–H and O–H groups in total. The molecule has 28 heteroatoms. The van der Waals surface area contributed by atoms with Crippen LogP contribution in [0.5, 0.6) is 0 Å². The van der Waals surface area contributed by atoms with Gasteiger partial charge in [0.05, 0.1) is 38.0 Å². The lowest BCUT2D eigenvalue weighted by Gasteiger charge is -2.53. The molecule has 10 rings (SSSR count). The molecule has 6 fully saturated rings. The quantitative estimate of drug-likeness (QED) is 0.0195. The molecule has 6 saturated carbocycles. The summed E-state index contributed by atoms with van der Waals surface area (Å²) in [5.74, 6) is -0.687. The summed E-state index contributed by atoms with van der Waals surface area (Å²) in [5.41, 5.74) is 12.3. The van der Waals surface area contributed by atoms with E-state index < -0.39 is 61.5 Å². The first-order valence-electron chi connectivity index (χ1n) is 27.0. The van der Waals surface area contributed by atoms with Crippen molar-refractivity contribution in [1.82, 2.24) is 55.4 Å². The number of hydrogen-bond donors (Lipinski definition) is 7. The highest BCUT2D eigenvalue weighted by atomic mass is 35.5. The molecule has 440 valence electrons. The zero-order chi connectivity index (χ0) is 56.7. The Labute approximate surface area is 466 Å². The number of halogens is 1.